The number of anilines is 1. The first-order chi connectivity index (χ1) is 13.6. The molecule has 6 nitrogen and oxygen atoms in total. The number of benzene rings is 1. The molecule has 0 radical (unpaired) electrons. The van der Waals surface area contributed by atoms with Crippen LogP contribution in [0.1, 0.15) is 53.0 Å². The van der Waals surface area contributed by atoms with Crippen LogP contribution in [0.5, 0.6) is 0 Å². The monoisotopic (exact) mass is 397 g/mol. The van der Waals surface area contributed by atoms with Gasteiger partial charge in [0.2, 0.25) is 11.8 Å². The first-order valence-electron chi connectivity index (χ1n) is 9.75. The quantitative estimate of drug-likeness (QED) is 0.758. The number of amides is 2. The Bertz CT molecular complexity index is 890. The third-order valence-corrected chi connectivity index (χ3v) is 6.45. The SMILES string of the molecule is O=C(CCC(=O)N1CCc2nc(NC(=O)C3CCC3)sc2C1)c1ccccc1. The molecular weight excluding hydrogens is 374 g/mol. The fourth-order valence-electron chi connectivity index (χ4n) is 3.49. The molecular formula is C21H23N3O3S. The van der Waals surface area contributed by atoms with Gasteiger partial charge in [-0.2, -0.15) is 0 Å². The molecule has 28 heavy (non-hydrogen) atoms. The number of nitrogens with one attached hydrogen (secondary N) is 1. The molecule has 1 aliphatic carbocycles. The molecule has 0 atom stereocenters. The minimum Gasteiger partial charge on any atom is -0.337 e. The fraction of sp³-hybridized carbons (Fsp3) is 0.429. The zero-order valence-electron chi connectivity index (χ0n) is 15.6. The Balaban J connectivity index is 1.31. The second kappa shape index (κ2) is 8.22. The van der Waals surface area contributed by atoms with Crippen molar-refractivity contribution in [2.75, 3.05) is 11.9 Å². The number of hydrogen-bond acceptors (Lipinski definition) is 5. The Morgan fingerprint density at radius 3 is 2.64 bits per heavy atom. The summed E-state index contributed by atoms with van der Waals surface area (Å²) in [5.41, 5.74) is 1.61. The number of aromatic nitrogens is 1. The van der Waals surface area contributed by atoms with Gasteiger partial charge in [0, 0.05) is 42.2 Å². The first kappa shape index (κ1) is 18.8. The van der Waals surface area contributed by atoms with E-state index in [1.165, 1.54) is 11.3 Å². The van der Waals surface area contributed by atoms with Crippen LogP contribution >= 0.6 is 11.3 Å². The maximum Gasteiger partial charge on any atom is 0.229 e. The molecule has 7 heteroatoms. The second-order valence-corrected chi connectivity index (χ2v) is 8.44. The summed E-state index contributed by atoms with van der Waals surface area (Å²) < 4.78 is 0. The minimum absolute atomic E-state index is 0.00886. The lowest BCUT2D eigenvalue weighted by molar-refractivity contribution is -0.132. The number of carbonyl (C=O) groups is 3. The summed E-state index contributed by atoms with van der Waals surface area (Å²) in [6.07, 6.45) is 4.16. The molecule has 4 rings (SSSR count). The maximum atomic E-state index is 12.6. The highest BCUT2D eigenvalue weighted by atomic mass is 32.1. The highest BCUT2D eigenvalue weighted by Gasteiger charge is 2.28. The summed E-state index contributed by atoms with van der Waals surface area (Å²) in [7, 11) is 0. The molecule has 0 unspecified atom stereocenters. The Hall–Kier alpha value is -2.54. The van der Waals surface area contributed by atoms with E-state index in [9.17, 15) is 14.4 Å². The van der Waals surface area contributed by atoms with Crippen LogP contribution in [0.25, 0.3) is 0 Å². The van der Waals surface area contributed by atoms with Crippen LogP contribution in [0.2, 0.25) is 0 Å². The van der Waals surface area contributed by atoms with Crippen molar-refractivity contribution >= 4 is 34.1 Å². The number of hydrogen-bond donors (Lipinski definition) is 1. The summed E-state index contributed by atoms with van der Waals surface area (Å²) in [4.78, 5) is 44.2. The molecule has 1 aliphatic heterocycles. The lowest BCUT2D eigenvalue weighted by atomic mass is 9.85. The van der Waals surface area contributed by atoms with E-state index in [-0.39, 0.29) is 36.4 Å². The Morgan fingerprint density at radius 1 is 1.14 bits per heavy atom. The first-order valence-corrected chi connectivity index (χ1v) is 10.6. The van der Waals surface area contributed by atoms with Crippen LogP contribution in [-0.2, 0) is 22.6 Å². The smallest absolute Gasteiger partial charge is 0.229 e. The molecule has 1 aromatic carbocycles. The average molecular weight is 398 g/mol. The molecule has 0 saturated heterocycles. The zero-order valence-corrected chi connectivity index (χ0v) is 16.5. The van der Waals surface area contributed by atoms with Crippen molar-refractivity contribution in [3.05, 3.63) is 46.5 Å². The van der Waals surface area contributed by atoms with Crippen molar-refractivity contribution in [1.82, 2.24) is 9.88 Å². The van der Waals surface area contributed by atoms with Crippen LogP contribution in [-0.4, -0.2) is 34.0 Å². The molecule has 2 aromatic rings. The van der Waals surface area contributed by atoms with E-state index in [2.05, 4.69) is 10.3 Å². The highest BCUT2D eigenvalue weighted by molar-refractivity contribution is 7.15. The van der Waals surface area contributed by atoms with Gasteiger partial charge in [0.15, 0.2) is 10.9 Å². The number of thiazole rings is 1. The maximum absolute atomic E-state index is 12.6. The van der Waals surface area contributed by atoms with Crippen molar-refractivity contribution in [3.63, 3.8) is 0 Å². The third-order valence-electron chi connectivity index (χ3n) is 5.45. The van der Waals surface area contributed by atoms with Crippen LogP contribution in [0.3, 0.4) is 0 Å². The van der Waals surface area contributed by atoms with Gasteiger partial charge in [0.25, 0.3) is 0 Å². The average Bonchev–Trinajstić information content (AvgIpc) is 3.06. The van der Waals surface area contributed by atoms with Gasteiger partial charge in [-0.05, 0) is 12.8 Å². The standard InChI is InChI=1S/C21H23N3O3S/c25-17(14-5-2-1-3-6-14)9-10-19(26)24-12-11-16-18(13-24)28-21(22-16)23-20(27)15-7-4-8-15/h1-3,5-6,15H,4,7-13H2,(H,22,23,27). The number of rotatable bonds is 6. The molecule has 2 amide bonds. The van der Waals surface area contributed by atoms with Gasteiger partial charge in [-0.15, -0.1) is 0 Å². The molecule has 2 heterocycles. The van der Waals surface area contributed by atoms with Crippen LogP contribution < -0.4 is 5.32 Å². The molecule has 146 valence electrons. The molecule has 1 fully saturated rings. The number of Topliss-reactive ketones (excluding diaryl/α,β-unsaturated/α-hetero) is 1. The minimum atomic E-state index is -0.0108. The Morgan fingerprint density at radius 2 is 1.93 bits per heavy atom. The van der Waals surface area contributed by atoms with Gasteiger partial charge in [0.1, 0.15) is 0 Å². The van der Waals surface area contributed by atoms with Gasteiger partial charge in [-0.3, -0.25) is 14.4 Å². The summed E-state index contributed by atoms with van der Waals surface area (Å²) in [6.45, 7) is 1.11. The fourth-order valence-corrected chi connectivity index (χ4v) is 4.51. The molecule has 1 N–H and O–H groups in total. The predicted octanol–water partition coefficient (Wildman–Crippen LogP) is 3.43. The molecule has 1 saturated carbocycles. The van der Waals surface area contributed by atoms with Gasteiger partial charge < -0.3 is 10.2 Å². The normalized spacial score (nSPS) is 16.2. The van der Waals surface area contributed by atoms with E-state index < -0.39 is 0 Å². The molecule has 2 aliphatic rings. The summed E-state index contributed by atoms with van der Waals surface area (Å²) in [6, 6.07) is 9.07. The number of ketones is 1. The summed E-state index contributed by atoms with van der Waals surface area (Å²) in [5.74, 6) is 0.166. The van der Waals surface area contributed by atoms with Gasteiger partial charge in [-0.1, -0.05) is 48.1 Å². The van der Waals surface area contributed by atoms with Crippen molar-refractivity contribution in [3.8, 4) is 0 Å². The Labute approximate surface area is 168 Å². The number of carbonyl (C=O) groups excluding carboxylic acids is 3. The van der Waals surface area contributed by atoms with Crippen molar-refractivity contribution in [1.29, 1.82) is 0 Å². The highest BCUT2D eigenvalue weighted by Crippen LogP contribution is 2.31. The van der Waals surface area contributed by atoms with Crippen LogP contribution in [0.4, 0.5) is 5.13 Å². The second-order valence-electron chi connectivity index (χ2n) is 7.36. The van der Waals surface area contributed by atoms with Crippen molar-refractivity contribution < 1.29 is 14.4 Å². The lowest BCUT2D eigenvalue weighted by Crippen LogP contribution is -2.35. The van der Waals surface area contributed by atoms with Gasteiger partial charge in [-0.25, -0.2) is 4.98 Å². The van der Waals surface area contributed by atoms with E-state index in [4.69, 9.17) is 0 Å². The molecule has 1 aromatic heterocycles. The van der Waals surface area contributed by atoms with E-state index in [1.807, 2.05) is 18.2 Å². The van der Waals surface area contributed by atoms with Gasteiger partial charge in [0.05, 0.1) is 12.2 Å². The van der Waals surface area contributed by atoms with E-state index >= 15 is 0 Å². The topological polar surface area (TPSA) is 79.4 Å². The van der Waals surface area contributed by atoms with E-state index in [1.54, 1.807) is 17.0 Å². The van der Waals surface area contributed by atoms with E-state index in [0.717, 1.165) is 29.8 Å². The summed E-state index contributed by atoms with van der Waals surface area (Å²) >= 11 is 1.45. The van der Waals surface area contributed by atoms with E-state index in [0.29, 0.717) is 30.2 Å². The Kier molecular flexibility index (Phi) is 5.52. The summed E-state index contributed by atoms with van der Waals surface area (Å²) in [5, 5.41) is 3.56. The molecule has 0 bridgehead atoms. The third kappa shape index (κ3) is 4.14. The lowest BCUT2D eigenvalue weighted by Gasteiger charge is -2.26. The van der Waals surface area contributed by atoms with Crippen LogP contribution in [0, 0.1) is 5.92 Å². The zero-order chi connectivity index (χ0) is 19.5. The predicted molar refractivity (Wildman–Crippen MR) is 107 cm³/mol. The largest absolute Gasteiger partial charge is 0.337 e. The number of nitrogens with zero attached hydrogens (tertiary/aromatic N) is 2. The van der Waals surface area contributed by atoms with Crippen LogP contribution in [0.15, 0.2) is 30.3 Å². The van der Waals surface area contributed by atoms with Crippen molar-refractivity contribution in [2.24, 2.45) is 5.92 Å². The number of fused-ring (bicyclic) bond motifs is 1. The van der Waals surface area contributed by atoms with Gasteiger partial charge >= 0.3 is 0 Å². The van der Waals surface area contributed by atoms with Crippen molar-refractivity contribution in [2.45, 2.75) is 45.1 Å². The molecule has 0 spiro atoms.